The van der Waals surface area contributed by atoms with Gasteiger partial charge in [-0.1, -0.05) is 65.8 Å². The van der Waals surface area contributed by atoms with Crippen molar-refractivity contribution in [2.75, 3.05) is 0 Å². The maximum absolute atomic E-state index is 2.40. The van der Waals surface area contributed by atoms with Crippen LogP contribution in [0.4, 0.5) is 0 Å². The molecule has 0 unspecified atom stereocenters. The van der Waals surface area contributed by atoms with Crippen molar-refractivity contribution in [2.24, 2.45) is 11.3 Å². The van der Waals surface area contributed by atoms with Gasteiger partial charge in [0.05, 0.1) is 0 Å². The Balaban J connectivity index is 2.01. The second-order valence-corrected chi connectivity index (χ2v) is 8.79. The molecule has 20 heavy (non-hydrogen) atoms. The Kier molecular flexibility index (Phi) is 4.33. The Hall–Kier alpha value is -0.780. The molecule has 1 fully saturated rings. The molecule has 1 aliphatic carbocycles. The van der Waals surface area contributed by atoms with Crippen molar-refractivity contribution in [3.63, 3.8) is 0 Å². The second kappa shape index (κ2) is 5.54. The van der Waals surface area contributed by atoms with E-state index in [1.165, 1.54) is 31.2 Å². The fourth-order valence-electron chi connectivity index (χ4n) is 3.55. The molecule has 0 aliphatic heterocycles. The fraction of sp³-hybridized carbons (Fsp3) is 0.700. The van der Waals surface area contributed by atoms with Crippen LogP contribution in [0, 0.1) is 11.3 Å². The van der Waals surface area contributed by atoms with Crippen LogP contribution in [0.5, 0.6) is 0 Å². The molecule has 0 amide bonds. The third kappa shape index (κ3) is 3.65. The highest BCUT2D eigenvalue weighted by molar-refractivity contribution is 5.29. The fourth-order valence-corrected chi connectivity index (χ4v) is 3.55. The zero-order valence-electron chi connectivity index (χ0n) is 14.3. The number of hydrogen-bond acceptors (Lipinski definition) is 0. The van der Waals surface area contributed by atoms with Crippen molar-refractivity contribution < 1.29 is 0 Å². The first-order valence-electron chi connectivity index (χ1n) is 8.28. The third-order valence-electron chi connectivity index (χ3n) is 5.20. The Morgan fingerprint density at radius 3 is 1.65 bits per heavy atom. The van der Waals surface area contributed by atoms with Gasteiger partial charge in [-0.25, -0.2) is 0 Å². The number of hydrogen-bond donors (Lipinski definition) is 0. The minimum atomic E-state index is 0.266. The lowest BCUT2D eigenvalue weighted by molar-refractivity contribution is 0.169. The Morgan fingerprint density at radius 1 is 0.750 bits per heavy atom. The SMILES string of the molecule is CC(C)(C)c1ccc(C2CCC(C(C)(C)C)CC2)cc1. The van der Waals surface area contributed by atoms with Crippen molar-refractivity contribution in [1.29, 1.82) is 0 Å². The van der Waals surface area contributed by atoms with Gasteiger partial charge in [0.2, 0.25) is 0 Å². The zero-order chi connectivity index (χ0) is 15.0. The molecule has 1 saturated carbocycles. The summed E-state index contributed by atoms with van der Waals surface area (Å²) in [6.45, 7) is 14.1. The van der Waals surface area contributed by atoms with Gasteiger partial charge in [-0.05, 0) is 59.5 Å². The molecule has 1 aliphatic rings. The molecular formula is C20H32. The van der Waals surface area contributed by atoms with E-state index in [9.17, 15) is 0 Å². The second-order valence-electron chi connectivity index (χ2n) is 8.79. The zero-order valence-corrected chi connectivity index (χ0v) is 14.3. The Labute approximate surface area is 126 Å². The first kappa shape index (κ1) is 15.6. The lowest BCUT2D eigenvalue weighted by atomic mass is 9.68. The topological polar surface area (TPSA) is 0 Å². The Morgan fingerprint density at radius 2 is 1.25 bits per heavy atom. The van der Waals surface area contributed by atoms with Gasteiger partial charge < -0.3 is 0 Å². The highest BCUT2D eigenvalue weighted by Crippen LogP contribution is 2.43. The lowest BCUT2D eigenvalue weighted by Crippen LogP contribution is -2.25. The molecule has 0 spiro atoms. The van der Waals surface area contributed by atoms with Crippen molar-refractivity contribution in [3.05, 3.63) is 35.4 Å². The molecule has 0 N–H and O–H groups in total. The summed E-state index contributed by atoms with van der Waals surface area (Å²) in [6.07, 6.45) is 5.54. The molecule has 2 rings (SSSR count). The van der Waals surface area contributed by atoms with E-state index in [4.69, 9.17) is 0 Å². The van der Waals surface area contributed by atoms with E-state index in [-0.39, 0.29) is 5.41 Å². The minimum Gasteiger partial charge on any atom is -0.0599 e. The lowest BCUT2D eigenvalue weighted by Gasteiger charge is -2.37. The molecule has 0 bridgehead atoms. The maximum atomic E-state index is 2.40. The number of benzene rings is 1. The van der Waals surface area contributed by atoms with Gasteiger partial charge in [0, 0.05) is 0 Å². The van der Waals surface area contributed by atoms with E-state index in [1.807, 2.05) is 0 Å². The van der Waals surface area contributed by atoms with Crippen LogP contribution in [0.15, 0.2) is 24.3 Å². The summed E-state index contributed by atoms with van der Waals surface area (Å²) in [6, 6.07) is 9.43. The van der Waals surface area contributed by atoms with E-state index in [0.29, 0.717) is 5.41 Å². The standard InChI is InChI=1S/C20H32/c1-19(2,3)17-11-7-15(8-12-17)16-9-13-18(14-10-16)20(4,5)6/h7-8,11-12,16,18H,9-10,13-14H2,1-6H3. The van der Waals surface area contributed by atoms with Crippen LogP contribution in [-0.4, -0.2) is 0 Å². The molecule has 0 nitrogen and oxygen atoms in total. The van der Waals surface area contributed by atoms with Crippen LogP contribution < -0.4 is 0 Å². The largest absolute Gasteiger partial charge is 0.0599 e. The third-order valence-corrected chi connectivity index (χ3v) is 5.20. The average molecular weight is 272 g/mol. The van der Waals surface area contributed by atoms with Crippen molar-refractivity contribution in [1.82, 2.24) is 0 Å². The van der Waals surface area contributed by atoms with Gasteiger partial charge in [-0.15, -0.1) is 0 Å². The highest BCUT2D eigenvalue weighted by atomic mass is 14.3. The van der Waals surface area contributed by atoms with Crippen molar-refractivity contribution in [2.45, 2.75) is 78.6 Å². The monoisotopic (exact) mass is 272 g/mol. The Bertz CT molecular complexity index is 417. The average Bonchev–Trinajstić information content (AvgIpc) is 2.37. The molecule has 1 aromatic rings. The summed E-state index contributed by atoms with van der Waals surface area (Å²) >= 11 is 0. The van der Waals surface area contributed by atoms with E-state index in [0.717, 1.165) is 11.8 Å². The maximum Gasteiger partial charge on any atom is -0.0132 e. The molecule has 0 aromatic heterocycles. The predicted molar refractivity (Wildman–Crippen MR) is 89.3 cm³/mol. The van der Waals surface area contributed by atoms with E-state index in [2.05, 4.69) is 65.8 Å². The van der Waals surface area contributed by atoms with Crippen LogP contribution in [0.2, 0.25) is 0 Å². The van der Waals surface area contributed by atoms with Crippen LogP contribution in [-0.2, 0) is 5.41 Å². The van der Waals surface area contributed by atoms with Crippen molar-refractivity contribution in [3.8, 4) is 0 Å². The molecule has 112 valence electrons. The van der Waals surface area contributed by atoms with Gasteiger partial charge in [-0.3, -0.25) is 0 Å². The predicted octanol–water partition coefficient (Wildman–Crippen LogP) is 6.30. The quantitative estimate of drug-likeness (QED) is 0.562. The summed E-state index contributed by atoms with van der Waals surface area (Å²) in [4.78, 5) is 0. The molecule has 0 atom stereocenters. The summed E-state index contributed by atoms with van der Waals surface area (Å²) in [7, 11) is 0. The van der Waals surface area contributed by atoms with Gasteiger partial charge in [-0.2, -0.15) is 0 Å². The van der Waals surface area contributed by atoms with Crippen LogP contribution in [0.3, 0.4) is 0 Å². The van der Waals surface area contributed by atoms with Crippen molar-refractivity contribution >= 4 is 0 Å². The normalized spacial score (nSPS) is 24.7. The summed E-state index contributed by atoms with van der Waals surface area (Å²) < 4.78 is 0. The van der Waals surface area contributed by atoms with Gasteiger partial charge in [0.15, 0.2) is 0 Å². The smallest absolute Gasteiger partial charge is 0.0132 e. The van der Waals surface area contributed by atoms with E-state index < -0.39 is 0 Å². The summed E-state index contributed by atoms with van der Waals surface area (Å²) in [5.41, 5.74) is 3.76. The summed E-state index contributed by atoms with van der Waals surface area (Å²) in [5, 5.41) is 0. The van der Waals surface area contributed by atoms with Gasteiger partial charge in [0.25, 0.3) is 0 Å². The van der Waals surface area contributed by atoms with Crippen LogP contribution >= 0.6 is 0 Å². The molecule has 0 radical (unpaired) electrons. The highest BCUT2D eigenvalue weighted by Gasteiger charge is 2.30. The van der Waals surface area contributed by atoms with E-state index in [1.54, 1.807) is 5.56 Å². The first-order chi connectivity index (χ1) is 9.18. The van der Waals surface area contributed by atoms with Gasteiger partial charge in [0.1, 0.15) is 0 Å². The minimum absolute atomic E-state index is 0.266. The summed E-state index contributed by atoms with van der Waals surface area (Å²) in [5.74, 6) is 1.70. The van der Waals surface area contributed by atoms with Gasteiger partial charge >= 0.3 is 0 Å². The first-order valence-corrected chi connectivity index (χ1v) is 8.28. The van der Waals surface area contributed by atoms with E-state index >= 15 is 0 Å². The molecule has 0 heterocycles. The molecule has 1 aromatic carbocycles. The molecule has 0 saturated heterocycles. The van der Waals surface area contributed by atoms with Crippen LogP contribution in [0.25, 0.3) is 0 Å². The van der Waals surface area contributed by atoms with Crippen LogP contribution in [0.1, 0.15) is 84.3 Å². The molecule has 0 heteroatoms. The number of rotatable bonds is 1. The molecular weight excluding hydrogens is 240 g/mol.